The second-order valence-corrected chi connectivity index (χ2v) is 3.84. The summed E-state index contributed by atoms with van der Waals surface area (Å²) in [6, 6.07) is 0.369. The lowest BCUT2D eigenvalue weighted by Crippen LogP contribution is -2.43. The van der Waals surface area contributed by atoms with Gasteiger partial charge in [0, 0.05) is 18.5 Å². The Morgan fingerprint density at radius 3 is 3.07 bits per heavy atom. The third-order valence-electron chi connectivity index (χ3n) is 2.84. The van der Waals surface area contributed by atoms with Crippen molar-refractivity contribution in [1.29, 1.82) is 0 Å². The maximum absolute atomic E-state index is 11.0. The summed E-state index contributed by atoms with van der Waals surface area (Å²) in [7, 11) is 0. The number of hydrazine groups is 1. The Bertz CT molecular complexity index is 198. The number of nitrogens with zero attached hydrogens (tertiary/aromatic N) is 1. The van der Waals surface area contributed by atoms with Gasteiger partial charge in [-0.2, -0.15) is 0 Å². The number of nitrogens with one attached hydrogen (secondary N) is 1. The number of aliphatic hydroxyl groups is 1. The van der Waals surface area contributed by atoms with Crippen molar-refractivity contribution in [3.8, 4) is 0 Å². The molecule has 14 heavy (non-hydrogen) atoms. The lowest BCUT2D eigenvalue weighted by Gasteiger charge is -2.28. The molecule has 0 bridgehead atoms. The summed E-state index contributed by atoms with van der Waals surface area (Å²) in [4.78, 5) is 13.2. The summed E-state index contributed by atoms with van der Waals surface area (Å²) in [5.74, 6) is 4.87. The van der Waals surface area contributed by atoms with E-state index in [2.05, 4.69) is 10.3 Å². The smallest absolute Gasteiger partial charge is 0.235 e. The van der Waals surface area contributed by atoms with Crippen LogP contribution in [0, 0.1) is 0 Å². The van der Waals surface area contributed by atoms with Gasteiger partial charge in [-0.25, -0.2) is 5.84 Å². The number of hydrogen-bond donors (Lipinski definition) is 3. The molecule has 1 amide bonds. The molecule has 0 aromatic carbocycles. The van der Waals surface area contributed by atoms with E-state index in [4.69, 9.17) is 10.9 Å². The summed E-state index contributed by atoms with van der Waals surface area (Å²) in [5.41, 5.74) is 2.12. The molecule has 1 aliphatic rings. The van der Waals surface area contributed by atoms with E-state index >= 15 is 0 Å². The number of nitrogens with two attached hydrogens (primary N) is 1. The molecule has 2 atom stereocenters. The van der Waals surface area contributed by atoms with Gasteiger partial charge in [-0.15, -0.1) is 0 Å². The van der Waals surface area contributed by atoms with Crippen molar-refractivity contribution in [3.05, 3.63) is 0 Å². The van der Waals surface area contributed by atoms with Crippen LogP contribution in [-0.4, -0.2) is 41.1 Å². The molecule has 0 aromatic heterocycles. The second kappa shape index (κ2) is 5.29. The molecule has 1 heterocycles. The second-order valence-electron chi connectivity index (χ2n) is 3.84. The molecule has 0 aliphatic carbocycles. The molecule has 0 saturated carbocycles. The van der Waals surface area contributed by atoms with Crippen molar-refractivity contribution in [2.75, 3.05) is 13.2 Å². The van der Waals surface area contributed by atoms with Gasteiger partial charge in [-0.1, -0.05) is 0 Å². The number of likely N-dealkylation sites (tertiary alicyclic amines) is 1. The highest BCUT2D eigenvalue weighted by Gasteiger charge is 2.28. The van der Waals surface area contributed by atoms with Gasteiger partial charge in [0.2, 0.25) is 5.91 Å². The Morgan fingerprint density at radius 1 is 1.79 bits per heavy atom. The van der Waals surface area contributed by atoms with Crippen LogP contribution in [-0.2, 0) is 4.79 Å². The lowest BCUT2D eigenvalue weighted by molar-refractivity contribution is -0.122. The molecule has 0 aromatic rings. The maximum Gasteiger partial charge on any atom is 0.235 e. The first kappa shape index (κ1) is 11.4. The molecule has 1 rings (SSSR count). The fourth-order valence-electron chi connectivity index (χ4n) is 2.08. The molecular formula is C9H19N3O2. The minimum atomic E-state index is -0.152. The fourth-order valence-corrected chi connectivity index (χ4v) is 2.08. The van der Waals surface area contributed by atoms with E-state index in [1.54, 1.807) is 0 Å². The molecular weight excluding hydrogens is 182 g/mol. The van der Waals surface area contributed by atoms with E-state index < -0.39 is 0 Å². The van der Waals surface area contributed by atoms with Crippen LogP contribution in [0.25, 0.3) is 0 Å². The number of aliphatic hydroxyl groups excluding tert-OH is 1. The quantitative estimate of drug-likeness (QED) is 0.316. The fraction of sp³-hybridized carbons (Fsp3) is 0.889. The SMILES string of the molecule is CC(CC(=O)NN)N1CCCC1CO. The molecule has 5 nitrogen and oxygen atoms in total. The number of rotatable bonds is 4. The molecule has 4 N–H and O–H groups in total. The molecule has 0 radical (unpaired) electrons. The first-order valence-corrected chi connectivity index (χ1v) is 5.05. The van der Waals surface area contributed by atoms with Crippen LogP contribution < -0.4 is 11.3 Å². The first-order chi connectivity index (χ1) is 6.69. The van der Waals surface area contributed by atoms with Gasteiger partial charge in [0.15, 0.2) is 0 Å². The summed E-state index contributed by atoms with van der Waals surface area (Å²) in [5, 5.41) is 9.11. The Balaban J connectivity index is 2.42. The summed E-state index contributed by atoms with van der Waals surface area (Å²) in [6.07, 6.45) is 2.51. The van der Waals surface area contributed by atoms with E-state index in [0.717, 1.165) is 19.4 Å². The summed E-state index contributed by atoms with van der Waals surface area (Å²) >= 11 is 0. The average molecular weight is 201 g/mol. The first-order valence-electron chi connectivity index (χ1n) is 5.05. The zero-order chi connectivity index (χ0) is 10.6. The molecule has 1 fully saturated rings. The molecule has 1 saturated heterocycles. The molecule has 82 valence electrons. The minimum Gasteiger partial charge on any atom is -0.395 e. The van der Waals surface area contributed by atoms with E-state index in [1.807, 2.05) is 6.92 Å². The third kappa shape index (κ3) is 2.67. The predicted octanol–water partition coefficient (Wildman–Crippen LogP) is -0.788. The van der Waals surface area contributed by atoms with Gasteiger partial charge in [-0.3, -0.25) is 15.1 Å². The van der Waals surface area contributed by atoms with Gasteiger partial charge >= 0.3 is 0 Å². The van der Waals surface area contributed by atoms with Crippen molar-refractivity contribution >= 4 is 5.91 Å². The van der Waals surface area contributed by atoms with E-state index in [-0.39, 0.29) is 24.6 Å². The van der Waals surface area contributed by atoms with Crippen molar-refractivity contribution in [1.82, 2.24) is 10.3 Å². The largest absolute Gasteiger partial charge is 0.395 e. The van der Waals surface area contributed by atoms with Crippen LogP contribution in [0.1, 0.15) is 26.2 Å². The van der Waals surface area contributed by atoms with Gasteiger partial charge in [0.25, 0.3) is 0 Å². The van der Waals surface area contributed by atoms with Crippen LogP contribution in [0.2, 0.25) is 0 Å². The van der Waals surface area contributed by atoms with Gasteiger partial charge in [0.1, 0.15) is 0 Å². The Hall–Kier alpha value is -0.650. The summed E-state index contributed by atoms with van der Waals surface area (Å²) < 4.78 is 0. The summed E-state index contributed by atoms with van der Waals surface area (Å²) in [6.45, 7) is 3.13. The number of amides is 1. The number of carbonyl (C=O) groups excluding carboxylic acids is 1. The number of carbonyl (C=O) groups is 1. The third-order valence-corrected chi connectivity index (χ3v) is 2.84. The highest BCUT2D eigenvalue weighted by Crippen LogP contribution is 2.20. The number of hydrogen-bond acceptors (Lipinski definition) is 4. The zero-order valence-electron chi connectivity index (χ0n) is 8.57. The lowest BCUT2D eigenvalue weighted by atomic mass is 10.1. The standard InChI is InChI=1S/C9H19N3O2/c1-7(5-9(14)11-10)12-4-2-3-8(12)6-13/h7-8,13H,2-6,10H2,1H3,(H,11,14). The Labute approximate surface area is 84.2 Å². The average Bonchev–Trinajstić information content (AvgIpc) is 2.65. The van der Waals surface area contributed by atoms with Gasteiger partial charge in [0.05, 0.1) is 6.61 Å². The van der Waals surface area contributed by atoms with Crippen molar-refractivity contribution in [2.24, 2.45) is 5.84 Å². The highest BCUT2D eigenvalue weighted by atomic mass is 16.3. The van der Waals surface area contributed by atoms with Crippen molar-refractivity contribution < 1.29 is 9.90 Å². The maximum atomic E-state index is 11.0. The Kier molecular flexibility index (Phi) is 4.31. The van der Waals surface area contributed by atoms with Gasteiger partial charge < -0.3 is 5.11 Å². The van der Waals surface area contributed by atoms with Crippen LogP contribution in [0.5, 0.6) is 0 Å². The monoisotopic (exact) mass is 201 g/mol. The highest BCUT2D eigenvalue weighted by molar-refractivity contribution is 5.75. The zero-order valence-corrected chi connectivity index (χ0v) is 8.57. The van der Waals surface area contributed by atoms with Crippen molar-refractivity contribution in [2.45, 2.75) is 38.3 Å². The molecule has 2 unspecified atom stereocenters. The predicted molar refractivity (Wildman–Crippen MR) is 53.2 cm³/mol. The minimum absolute atomic E-state index is 0.151. The molecule has 5 heteroatoms. The molecule has 1 aliphatic heterocycles. The normalized spacial score (nSPS) is 24.9. The van der Waals surface area contributed by atoms with Crippen LogP contribution >= 0.6 is 0 Å². The van der Waals surface area contributed by atoms with Crippen molar-refractivity contribution in [3.63, 3.8) is 0 Å². The molecule has 0 spiro atoms. The topological polar surface area (TPSA) is 78.6 Å². The Morgan fingerprint density at radius 2 is 2.50 bits per heavy atom. The van der Waals surface area contributed by atoms with Crippen LogP contribution in [0.3, 0.4) is 0 Å². The van der Waals surface area contributed by atoms with Crippen LogP contribution in [0.15, 0.2) is 0 Å². The van der Waals surface area contributed by atoms with E-state index in [9.17, 15) is 4.79 Å². The van der Waals surface area contributed by atoms with E-state index in [1.165, 1.54) is 0 Å². The van der Waals surface area contributed by atoms with Gasteiger partial charge in [-0.05, 0) is 26.3 Å². The van der Waals surface area contributed by atoms with E-state index in [0.29, 0.717) is 6.42 Å². The van der Waals surface area contributed by atoms with Crippen LogP contribution in [0.4, 0.5) is 0 Å².